The van der Waals surface area contributed by atoms with E-state index in [1.165, 1.54) is 0 Å². The van der Waals surface area contributed by atoms with Crippen molar-refractivity contribution in [2.24, 2.45) is 5.41 Å². The number of carbonyl (C=O) groups excluding carboxylic acids is 2. The molecular weight excluding hydrogens is 366 g/mol. The molecule has 1 aliphatic carbocycles. The van der Waals surface area contributed by atoms with Crippen molar-refractivity contribution in [2.75, 3.05) is 11.9 Å². The number of rotatable bonds is 3. The highest BCUT2D eigenvalue weighted by Gasteiger charge is 2.55. The van der Waals surface area contributed by atoms with Gasteiger partial charge in [0.1, 0.15) is 11.6 Å². The predicted octanol–water partition coefficient (Wildman–Crippen LogP) is 4.48. The van der Waals surface area contributed by atoms with E-state index in [0.717, 1.165) is 24.0 Å². The van der Waals surface area contributed by atoms with E-state index in [1.807, 2.05) is 57.2 Å². The van der Waals surface area contributed by atoms with Crippen molar-refractivity contribution >= 4 is 17.7 Å². The quantitative estimate of drug-likeness (QED) is 0.835. The molecule has 6 heteroatoms. The number of likely N-dealkylation sites (tertiary alicyclic amines) is 1. The lowest BCUT2D eigenvalue weighted by molar-refractivity contribution is -0.120. The minimum absolute atomic E-state index is 0.0937. The van der Waals surface area contributed by atoms with Gasteiger partial charge >= 0.3 is 6.09 Å². The standard InChI is InChI=1S/C23H27N3O3/c1-22(2,3)29-21(28)26-15-23(9-10-23)13-19(26)20(27)25-18-8-4-6-16(12-18)17-7-5-11-24-14-17/h4-8,11-12,14,19H,9-10,13,15H2,1-3H3,(H,25,27)/t19-/m0/s1. The van der Waals surface area contributed by atoms with Crippen LogP contribution < -0.4 is 5.32 Å². The number of benzene rings is 1. The number of pyridine rings is 1. The van der Waals surface area contributed by atoms with Gasteiger partial charge in [-0.15, -0.1) is 0 Å². The fraction of sp³-hybridized carbons (Fsp3) is 0.435. The monoisotopic (exact) mass is 393 g/mol. The second kappa shape index (κ2) is 7.17. The van der Waals surface area contributed by atoms with Crippen molar-refractivity contribution in [3.8, 4) is 11.1 Å². The summed E-state index contributed by atoms with van der Waals surface area (Å²) < 4.78 is 5.55. The van der Waals surface area contributed by atoms with Crippen LogP contribution in [0.1, 0.15) is 40.0 Å². The summed E-state index contributed by atoms with van der Waals surface area (Å²) in [6, 6.07) is 11.0. The zero-order chi connectivity index (χ0) is 20.6. The van der Waals surface area contributed by atoms with E-state index >= 15 is 0 Å². The molecule has 152 valence electrons. The molecule has 2 heterocycles. The first-order valence-corrected chi connectivity index (χ1v) is 10.1. The summed E-state index contributed by atoms with van der Waals surface area (Å²) in [5, 5.41) is 3.00. The maximum Gasteiger partial charge on any atom is 0.410 e. The molecule has 4 rings (SSSR count). The molecule has 1 saturated carbocycles. The lowest BCUT2D eigenvalue weighted by atomic mass is 10.0. The molecule has 2 aromatic rings. The summed E-state index contributed by atoms with van der Waals surface area (Å²) >= 11 is 0. The van der Waals surface area contributed by atoms with Gasteiger partial charge in [-0.2, -0.15) is 0 Å². The average Bonchev–Trinajstić information content (AvgIpc) is 3.31. The van der Waals surface area contributed by atoms with Crippen LogP contribution in [0.4, 0.5) is 10.5 Å². The van der Waals surface area contributed by atoms with Crippen LogP contribution in [-0.2, 0) is 9.53 Å². The minimum atomic E-state index is -0.588. The van der Waals surface area contributed by atoms with Crippen molar-refractivity contribution in [1.82, 2.24) is 9.88 Å². The highest BCUT2D eigenvalue weighted by Crippen LogP contribution is 2.55. The summed E-state index contributed by atoms with van der Waals surface area (Å²) in [6.45, 7) is 6.11. The molecule has 0 bridgehead atoms. The Morgan fingerprint density at radius 2 is 1.93 bits per heavy atom. The third-order valence-electron chi connectivity index (χ3n) is 5.52. The number of nitrogens with one attached hydrogen (secondary N) is 1. The second-order valence-electron chi connectivity index (χ2n) is 9.14. The van der Waals surface area contributed by atoms with E-state index in [2.05, 4.69) is 10.3 Å². The number of hydrogen-bond donors (Lipinski definition) is 1. The molecule has 1 aliphatic heterocycles. The molecule has 6 nitrogen and oxygen atoms in total. The molecule has 1 aromatic carbocycles. The van der Waals surface area contributed by atoms with Gasteiger partial charge < -0.3 is 10.1 Å². The molecule has 1 N–H and O–H groups in total. The zero-order valence-electron chi connectivity index (χ0n) is 17.1. The summed E-state index contributed by atoms with van der Waals surface area (Å²) in [5.41, 5.74) is 2.17. The molecule has 1 atom stereocenters. The highest BCUT2D eigenvalue weighted by atomic mass is 16.6. The van der Waals surface area contributed by atoms with Crippen LogP contribution >= 0.6 is 0 Å². The van der Waals surface area contributed by atoms with Gasteiger partial charge in [-0.25, -0.2) is 4.79 Å². The van der Waals surface area contributed by atoms with Crippen LogP contribution in [0.2, 0.25) is 0 Å². The third kappa shape index (κ3) is 4.42. The van der Waals surface area contributed by atoms with E-state index in [4.69, 9.17) is 4.74 Å². The molecule has 1 saturated heterocycles. The zero-order valence-corrected chi connectivity index (χ0v) is 17.1. The number of nitrogens with zero attached hydrogens (tertiary/aromatic N) is 2. The number of aromatic nitrogens is 1. The fourth-order valence-corrected chi connectivity index (χ4v) is 3.88. The molecule has 1 spiro atoms. The SMILES string of the molecule is CC(C)(C)OC(=O)N1CC2(CC2)C[C@H]1C(=O)Nc1cccc(-c2cccnc2)c1. The summed E-state index contributed by atoms with van der Waals surface area (Å²) in [4.78, 5) is 31.5. The van der Waals surface area contributed by atoms with Crippen LogP contribution in [0.15, 0.2) is 48.8 Å². The second-order valence-corrected chi connectivity index (χ2v) is 9.14. The van der Waals surface area contributed by atoms with Gasteiger partial charge in [0.25, 0.3) is 0 Å². The minimum Gasteiger partial charge on any atom is -0.444 e. The largest absolute Gasteiger partial charge is 0.444 e. The van der Waals surface area contributed by atoms with Crippen molar-refractivity contribution in [1.29, 1.82) is 0 Å². The van der Waals surface area contributed by atoms with Gasteiger partial charge in [0.2, 0.25) is 5.91 Å². The Morgan fingerprint density at radius 1 is 1.17 bits per heavy atom. The van der Waals surface area contributed by atoms with E-state index in [0.29, 0.717) is 18.7 Å². The highest BCUT2D eigenvalue weighted by molar-refractivity contribution is 5.97. The van der Waals surface area contributed by atoms with Crippen LogP contribution in [0.3, 0.4) is 0 Å². The maximum absolute atomic E-state index is 13.1. The van der Waals surface area contributed by atoms with Crippen molar-refractivity contribution in [2.45, 2.75) is 51.7 Å². The fourth-order valence-electron chi connectivity index (χ4n) is 3.88. The normalized spacial score (nSPS) is 19.8. The van der Waals surface area contributed by atoms with E-state index in [9.17, 15) is 9.59 Å². The molecule has 29 heavy (non-hydrogen) atoms. The van der Waals surface area contributed by atoms with Crippen LogP contribution in [0.25, 0.3) is 11.1 Å². The number of amides is 2. The third-order valence-corrected chi connectivity index (χ3v) is 5.52. The first-order valence-electron chi connectivity index (χ1n) is 10.1. The average molecular weight is 393 g/mol. The Bertz CT molecular complexity index is 916. The Labute approximate surface area is 171 Å². The summed E-state index contributed by atoms with van der Waals surface area (Å²) in [5.74, 6) is -0.164. The number of hydrogen-bond acceptors (Lipinski definition) is 4. The van der Waals surface area contributed by atoms with Gasteiger partial charge in [0, 0.05) is 30.2 Å². The lowest BCUT2D eigenvalue weighted by Crippen LogP contribution is -2.45. The van der Waals surface area contributed by atoms with Crippen LogP contribution in [0.5, 0.6) is 0 Å². The van der Waals surface area contributed by atoms with Crippen molar-refractivity contribution in [3.63, 3.8) is 0 Å². The van der Waals surface area contributed by atoms with E-state index in [-0.39, 0.29) is 11.3 Å². The smallest absolute Gasteiger partial charge is 0.410 e. The van der Waals surface area contributed by atoms with Gasteiger partial charge in [-0.05, 0) is 69.2 Å². The Morgan fingerprint density at radius 3 is 2.59 bits per heavy atom. The topological polar surface area (TPSA) is 71.5 Å². The van der Waals surface area contributed by atoms with Crippen LogP contribution in [-0.4, -0.2) is 40.1 Å². The van der Waals surface area contributed by atoms with E-state index in [1.54, 1.807) is 17.3 Å². The summed E-state index contributed by atoms with van der Waals surface area (Å²) in [6.07, 6.45) is 5.93. The van der Waals surface area contributed by atoms with Crippen molar-refractivity contribution < 1.29 is 14.3 Å². The summed E-state index contributed by atoms with van der Waals surface area (Å²) in [7, 11) is 0. The van der Waals surface area contributed by atoms with Crippen molar-refractivity contribution in [3.05, 3.63) is 48.8 Å². The first kappa shape index (κ1) is 19.4. The molecular formula is C23H27N3O3. The molecule has 2 fully saturated rings. The number of anilines is 1. The molecule has 2 amide bonds. The Hall–Kier alpha value is -2.89. The lowest BCUT2D eigenvalue weighted by Gasteiger charge is -2.28. The first-order chi connectivity index (χ1) is 13.7. The Balaban J connectivity index is 1.50. The molecule has 1 aromatic heterocycles. The van der Waals surface area contributed by atoms with Crippen LogP contribution in [0, 0.1) is 5.41 Å². The molecule has 0 unspecified atom stereocenters. The molecule has 0 radical (unpaired) electrons. The van der Waals surface area contributed by atoms with Gasteiger partial charge in [0.05, 0.1) is 0 Å². The maximum atomic E-state index is 13.1. The number of ether oxygens (including phenoxy) is 1. The van der Waals surface area contributed by atoms with E-state index < -0.39 is 17.7 Å². The number of carbonyl (C=O) groups is 2. The van der Waals surface area contributed by atoms with Gasteiger partial charge in [-0.1, -0.05) is 18.2 Å². The molecule has 2 aliphatic rings. The predicted molar refractivity (Wildman–Crippen MR) is 111 cm³/mol. The Kier molecular flexibility index (Phi) is 4.81. The van der Waals surface area contributed by atoms with Gasteiger partial charge in [0.15, 0.2) is 0 Å². The van der Waals surface area contributed by atoms with Gasteiger partial charge in [-0.3, -0.25) is 14.7 Å².